The first kappa shape index (κ1) is 13.9. The first-order valence-electron chi connectivity index (χ1n) is 5.38. The highest BCUT2D eigenvalue weighted by atomic mass is 16.5. The van der Waals surface area contributed by atoms with E-state index in [-0.39, 0.29) is 5.97 Å². The van der Waals surface area contributed by atoms with Gasteiger partial charge in [-0.15, -0.1) is 0 Å². The Morgan fingerprint density at radius 2 is 2.00 bits per heavy atom. The number of allylic oxidation sites excluding steroid dienone is 2. The molecule has 2 nitrogen and oxygen atoms in total. The quantitative estimate of drug-likeness (QED) is 0.495. The number of carbonyl (C=O) groups is 1. The molecule has 2 heteroatoms. The first-order valence-corrected chi connectivity index (χ1v) is 5.38. The Bertz CT molecular complexity index is 247. The van der Waals surface area contributed by atoms with Crippen molar-refractivity contribution >= 4 is 5.97 Å². The average molecular weight is 210 g/mol. The predicted octanol–water partition coefficient (Wildman–Crippen LogP) is 3.49. The minimum atomic E-state index is -0.243. The van der Waals surface area contributed by atoms with Crippen molar-refractivity contribution < 1.29 is 9.53 Å². The van der Waals surface area contributed by atoms with Crippen LogP contribution in [0.25, 0.3) is 0 Å². The van der Waals surface area contributed by atoms with Crippen LogP contribution in [-0.4, -0.2) is 12.6 Å². The molecule has 15 heavy (non-hydrogen) atoms. The van der Waals surface area contributed by atoms with Crippen molar-refractivity contribution in [1.29, 1.82) is 0 Å². The number of carbonyl (C=O) groups excluding carboxylic acids is 1. The fourth-order valence-corrected chi connectivity index (χ4v) is 1.16. The Labute approximate surface area is 93.0 Å². The summed E-state index contributed by atoms with van der Waals surface area (Å²) < 4.78 is 4.90. The lowest BCUT2D eigenvalue weighted by atomic mass is 9.97. The van der Waals surface area contributed by atoms with Crippen LogP contribution in [0.3, 0.4) is 0 Å². The number of esters is 1. The van der Waals surface area contributed by atoms with E-state index in [4.69, 9.17) is 4.74 Å². The number of hydrogen-bond donors (Lipinski definition) is 0. The highest BCUT2D eigenvalue weighted by Crippen LogP contribution is 2.16. The zero-order chi connectivity index (χ0) is 11.8. The van der Waals surface area contributed by atoms with Crippen LogP contribution in [0, 0.1) is 5.92 Å². The first-order chi connectivity index (χ1) is 6.93. The van der Waals surface area contributed by atoms with Crippen LogP contribution < -0.4 is 0 Å². The van der Waals surface area contributed by atoms with Gasteiger partial charge in [-0.3, -0.25) is 4.79 Å². The predicted molar refractivity (Wildman–Crippen MR) is 63.6 cm³/mol. The van der Waals surface area contributed by atoms with Gasteiger partial charge in [0.15, 0.2) is 0 Å². The summed E-state index contributed by atoms with van der Waals surface area (Å²) in [6.45, 7) is 12.0. The Morgan fingerprint density at radius 3 is 2.47 bits per heavy atom. The maximum Gasteiger partial charge on any atom is 0.302 e. The molecule has 0 rings (SSSR count). The van der Waals surface area contributed by atoms with E-state index in [1.807, 2.05) is 0 Å². The zero-order valence-corrected chi connectivity index (χ0v) is 10.3. The van der Waals surface area contributed by atoms with Crippen molar-refractivity contribution in [2.45, 2.75) is 40.5 Å². The summed E-state index contributed by atoms with van der Waals surface area (Å²) in [7, 11) is 0. The molecule has 0 aromatic heterocycles. The lowest BCUT2D eigenvalue weighted by Crippen LogP contribution is -2.08. The molecule has 0 aliphatic carbocycles. The number of hydrogen-bond acceptors (Lipinski definition) is 2. The highest BCUT2D eigenvalue weighted by molar-refractivity contribution is 5.66. The second-order valence-corrected chi connectivity index (χ2v) is 4.20. The second-order valence-electron chi connectivity index (χ2n) is 4.20. The Kier molecular flexibility index (Phi) is 6.76. The van der Waals surface area contributed by atoms with Gasteiger partial charge in [-0.2, -0.15) is 0 Å². The van der Waals surface area contributed by atoms with Gasteiger partial charge in [0.25, 0.3) is 0 Å². The van der Waals surface area contributed by atoms with Gasteiger partial charge in [0, 0.05) is 6.92 Å². The van der Waals surface area contributed by atoms with Crippen molar-refractivity contribution in [3.05, 3.63) is 23.8 Å². The van der Waals surface area contributed by atoms with Gasteiger partial charge in [0.2, 0.25) is 0 Å². The van der Waals surface area contributed by atoms with Gasteiger partial charge in [-0.05, 0) is 38.2 Å². The van der Waals surface area contributed by atoms with E-state index in [1.165, 1.54) is 12.5 Å². The minimum Gasteiger partial charge on any atom is -0.461 e. The van der Waals surface area contributed by atoms with Gasteiger partial charge >= 0.3 is 5.97 Å². The third kappa shape index (κ3) is 7.98. The summed E-state index contributed by atoms with van der Waals surface area (Å²) in [5, 5.41) is 0. The molecule has 0 heterocycles. The fourth-order valence-electron chi connectivity index (χ4n) is 1.16. The van der Waals surface area contributed by atoms with E-state index in [1.54, 1.807) is 0 Å². The smallest absolute Gasteiger partial charge is 0.302 e. The summed E-state index contributed by atoms with van der Waals surface area (Å²) in [5.74, 6) is 0.160. The minimum absolute atomic E-state index is 0.243. The molecule has 0 radical (unpaired) electrons. The van der Waals surface area contributed by atoms with E-state index < -0.39 is 0 Å². The zero-order valence-electron chi connectivity index (χ0n) is 10.3. The van der Waals surface area contributed by atoms with Crippen LogP contribution in [0.4, 0.5) is 0 Å². The molecule has 0 aromatic rings. The molecule has 0 aliphatic heterocycles. The summed E-state index contributed by atoms with van der Waals surface area (Å²) in [6, 6.07) is 0. The maximum atomic E-state index is 10.6. The normalized spacial score (nSPS) is 11.7. The second kappa shape index (κ2) is 7.27. The molecule has 0 N–H and O–H groups in total. The molecule has 0 saturated carbocycles. The Morgan fingerprint density at radius 1 is 1.40 bits per heavy atom. The van der Waals surface area contributed by atoms with Crippen molar-refractivity contribution in [3.63, 3.8) is 0 Å². The number of ether oxygens (including phenoxy) is 1. The molecule has 0 spiro atoms. The third-order valence-electron chi connectivity index (χ3n) is 2.31. The van der Waals surface area contributed by atoms with E-state index in [0.29, 0.717) is 12.5 Å². The van der Waals surface area contributed by atoms with Gasteiger partial charge in [0.05, 0.1) is 0 Å². The molecule has 86 valence electrons. The van der Waals surface area contributed by atoms with E-state index in [0.717, 1.165) is 18.4 Å². The summed E-state index contributed by atoms with van der Waals surface area (Å²) >= 11 is 0. The lowest BCUT2D eigenvalue weighted by Gasteiger charge is -2.13. The SMILES string of the molecule is C=C(COC(C)=O)[C@@H](C)CCC=C(C)C. The van der Waals surface area contributed by atoms with Crippen LogP contribution in [0.5, 0.6) is 0 Å². The average Bonchev–Trinajstić information content (AvgIpc) is 2.13. The molecule has 0 aliphatic rings. The van der Waals surface area contributed by atoms with Crippen molar-refractivity contribution in [2.75, 3.05) is 6.61 Å². The molecule has 0 unspecified atom stereocenters. The Hall–Kier alpha value is -1.05. The van der Waals surface area contributed by atoms with Crippen molar-refractivity contribution in [1.82, 2.24) is 0 Å². The summed E-state index contributed by atoms with van der Waals surface area (Å²) in [6.07, 6.45) is 4.34. The standard InChI is InChI=1S/C13H22O2/c1-10(2)7-6-8-11(3)12(4)9-15-13(5)14/h7,11H,4,6,8-9H2,1-3,5H3/t11-/m0/s1. The molecule has 0 bridgehead atoms. The molecule has 0 fully saturated rings. The summed E-state index contributed by atoms with van der Waals surface area (Å²) in [4.78, 5) is 10.6. The topological polar surface area (TPSA) is 26.3 Å². The molecule has 0 saturated heterocycles. The summed E-state index contributed by atoms with van der Waals surface area (Å²) in [5.41, 5.74) is 2.33. The van der Waals surface area contributed by atoms with Crippen LogP contribution in [0.1, 0.15) is 40.5 Å². The maximum absolute atomic E-state index is 10.6. The van der Waals surface area contributed by atoms with E-state index >= 15 is 0 Å². The lowest BCUT2D eigenvalue weighted by molar-refractivity contribution is -0.140. The van der Waals surface area contributed by atoms with Gasteiger partial charge in [-0.25, -0.2) is 0 Å². The van der Waals surface area contributed by atoms with E-state index in [2.05, 4.69) is 33.4 Å². The molecule has 1 atom stereocenters. The molecular weight excluding hydrogens is 188 g/mol. The van der Waals surface area contributed by atoms with Crippen LogP contribution >= 0.6 is 0 Å². The van der Waals surface area contributed by atoms with Gasteiger partial charge in [-0.1, -0.05) is 25.2 Å². The van der Waals surface area contributed by atoms with E-state index in [9.17, 15) is 4.79 Å². The fraction of sp³-hybridized carbons (Fsp3) is 0.615. The highest BCUT2D eigenvalue weighted by Gasteiger charge is 2.07. The van der Waals surface area contributed by atoms with Crippen LogP contribution in [0.15, 0.2) is 23.8 Å². The molecule has 0 aromatic carbocycles. The van der Waals surface area contributed by atoms with Crippen LogP contribution in [-0.2, 0) is 9.53 Å². The van der Waals surface area contributed by atoms with Crippen molar-refractivity contribution in [3.8, 4) is 0 Å². The molecule has 0 amide bonds. The number of rotatable bonds is 6. The van der Waals surface area contributed by atoms with Crippen LogP contribution in [0.2, 0.25) is 0 Å². The van der Waals surface area contributed by atoms with Crippen molar-refractivity contribution in [2.24, 2.45) is 5.92 Å². The largest absolute Gasteiger partial charge is 0.461 e. The third-order valence-corrected chi connectivity index (χ3v) is 2.31. The molecular formula is C13H22O2. The van der Waals surface area contributed by atoms with Gasteiger partial charge in [0.1, 0.15) is 6.61 Å². The monoisotopic (exact) mass is 210 g/mol. The Balaban J connectivity index is 3.79. The van der Waals surface area contributed by atoms with Gasteiger partial charge < -0.3 is 4.74 Å².